The number of halogens is 5. The van der Waals surface area contributed by atoms with E-state index >= 15 is 0 Å². The minimum Gasteiger partial charge on any atom is -0.496 e. The Balaban J connectivity index is 2.17. The molecule has 0 radical (unpaired) electrons. The maximum atomic E-state index is 13.0. The number of nitrogens with one attached hydrogen (secondary N) is 1. The number of para-hydroxylation sites is 1. The number of hydrogen-bond acceptors (Lipinski definition) is 2. The molecule has 1 N–H and O–H groups in total. The van der Waals surface area contributed by atoms with Gasteiger partial charge in [0.15, 0.2) is 0 Å². The van der Waals surface area contributed by atoms with Gasteiger partial charge in [-0.25, -0.2) is 0 Å². The Morgan fingerprint density at radius 2 is 1.87 bits per heavy atom. The Morgan fingerprint density at radius 3 is 2.52 bits per heavy atom. The lowest BCUT2D eigenvalue weighted by Gasteiger charge is -2.24. The van der Waals surface area contributed by atoms with Gasteiger partial charge in [0, 0.05) is 23.4 Å². The number of benzene rings is 2. The van der Waals surface area contributed by atoms with Crippen LogP contribution in [-0.4, -0.2) is 13.7 Å². The van der Waals surface area contributed by atoms with Crippen LogP contribution < -0.4 is 10.1 Å². The zero-order chi connectivity index (χ0) is 16.8. The molecule has 122 valence electrons. The molecule has 0 spiro atoms. The number of rotatable bonds is 2. The molecule has 2 aromatic carbocycles. The lowest BCUT2D eigenvalue weighted by Crippen LogP contribution is -2.23. The number of hydrogen-bond donors (Lipinski definition) is 1. The van der Waals surface area contributed by atoms with Crippen molar-refractivity contribution in [1.82, 2.24) is 0 Å². The highest BCUT2D eigenvalue weighted by Gasteiger charge is 2.43. The van der Waals surface area contributed by atoms with Crippen LogP contribution in [0, 0.1) is 0 Å². The predicted octanol–water partition coefficient (Wildman–Crippen LogP) is 5.28. The van der Waals surface area contributed by atoms with Gasteiger partial charge < -0.3 is 10.1 Å². The minimum atomic E-state index is -4.52. The van der Waals surface area contributed by atoms with Gasteiger partial charge in [0.2, 0.25) is 0 Å². The Bertz CT molecular complexity index is 763. The van der Waals surface area contributed by atoms with Crippen LogP contribution in [0.2, 0.25) is 5.02 Å². The summed E-state index contributed by atoms with van der Waals surface area (Å²) in [7, 11) is 1.52. The quantitative estimate of drug-likeness (QED) is 0.735. The second-order valence-electron chi connectivity index (χ2n) is 5.23. The maximum absolute atomic E-state index is 13.0. The molecular formula is C16H12Cl2F3NO. The second kappa shape index (κ2) is 5.49. The molecule has 2 aromatic rings. The summed E-state index contributed by atoms with van der Waals surface area (Å²) in [5.41, 5.74) is 0.613. The van der Waals surface area contributed by atoms with Gasteiger partial charge in [0.1, 0.15) is 10.6 Å². The number of anilines is 1. The highest BCUT2D eigenvalue weighted by atomic mass is 35.5. The van der Waals surface area contributed by atoms with Crippen LogP contribution >= 0.6 is 23.2 Å². The minimum absolute atomic E-state index is 0.238. The fourth-order valence-corrected chi connectivity index (χ4v) is 3.44. The van der Waals surface area contributed by atoms with Gasteiger partial charge in [-0.3, -0.25) is 0 Å². The molecule has 0 amide bonds. The van der Waals surface area contributed by atoms with E-state index in [4.69, 9.17) is 27.9 Å². The smallest absolute Gasteiger partial charge is 0.417 e. The first-order chi connectivity index (χ1) is 10.8. The first kappa shape index (κ1) is 16.3. The molecule has 0 bridgehead atoms. The molecule has 23 heavy (non-hydrogen) atoms. The molecule has 3 rings (SSSR count). The zero-order valence-corrected chi connectivity index (χ0v) is 13.5. The molecule has 0 aliphatic carbocycles. The standard InChI is InChI=1S/C16H12Cl2F3NO/c1-23-14-5-3-2-4-9(14)15(18)8-22-13-7-10(16(19,20)21)12(17)6-11(13)15/h2-7,22H,8H2,1H3. The van der Waals surface area contributed by atoms with Crippen LogP contribution in [0.4, 0.5) is 18.9 Å². The van der Waals surface area contributed by atoms with Crippen LogP contribution in [0.1, 0.15) is 16.7 Å². The molecule has 2 nitrogen and oxygen atoms in total. The molecule has 0 fully saturated rings. The van der Waals surface area contributed by atoms with E-state index in [-0.39, 0.29) is 11.6 Å². The largest absolute Gasteiger partial charge is 0.496 e. The average molecular weight is 362 g/mol. The summed E-state index contributed by atoms with van der Waals surface area (Å²) in [6, 6.07) is 9.41. The van der Waals surface area contributed by atoms with Gasteiger partial charge in [-0.15, -0.1) is 11.6 Å². The highest BCUT2D eigenvalue weighted by molar-refractivity contribution is 6.32. The molecule has 1 unspecified atom stereocenters. The van der Waals surface area contributed by atoms with Gasteiger partial charge in [-0.1, -0.05) is 29.8 Å². The second-order valence-corrected chi connectivity index (χ2v) is 6.28. The van der Waals surface area contributed by atoms with E-state index in [0.29, 0.717) is 22.6 Å². The summed E-state index contributed by atoms with van der Waals surface area (Å²) in [6.07, 6.45) is -4.52. The third kappa shape index (κ3) is 2.62. The van der Waals surface area contributed by atoms with E-state index in [1.807, 2.05) is 0 Å². The Morgan fingerprint density at radius 1 is 1.17 bits per heavy atom. The van der Waals surface area contributed by atoms with Gasteiger partial charge in [0.05, 0.1) is 17.7 Å². The molecule has 7 heteroatoms. The lowest BCUT2D eigenvalue weighted by atomic mass is 9.90. The number of fused-ring (bicyclic) bond motifs is 1. The van der Waals surface area contributed by atoms with Crippen molar-refractivity contribution in [3.63, 3.8) is 0 Å². The summed E-state index contributed by atoms with van der Waals surface area (Å²) in [5, 5.41) is 2.56. The summed E-state index contributed by atoms with van der Waals surface area (Å²) < 4.78 is 44.3. The number of alkyl halides is 4. The van der Waals surface area contributed by atoms with E-state index in [9.17, 15) is 13.2 Å². The summed E-state index contributed by atoms with van der Waals surface area (Å²) >= 11 is 12.6. The van der Waals surface area contributed by atoms with Crippen LogP contribution in [0.15, 0.2) is 36.4 Å². The van der Waals surface area contributed by atoms with Crippen molar-refractivity contribution in [2.75, 3.05) is 19.0 Å². The summed E-state index contributed by atoms with van der Waals surface area (Å²) in [5.74, 6) is 0.563. The Kier molecular flexibility index (Phi) is 3.89. The third-order valence-electron chi connectivity index (χ3n) is 3.90. The van der Waals surface area contributed by atoms with Crippen molar-refractivity contribution in [3.05, 3.63) is 58.1 Å². The van der Waals surface area contributed by atoms with Gasteiger partial charge >= 0.3 is 6.18 Å². The van der Waals surface area contributed by atoms with Crippen LogP contribution in [0.3, 0.4) is 0 Å². The van der Waals surface area contributed by atoms with E-state index in [1.54, 1.807) is 24.3 Å². The Labute approximate surface area is 141 Å². The van der Waals surface area contributed by atoms with Crippen LogP contribution in [-0.2, 0) is 11.1 Å². The predicted molar refractivity (Wildman–Crippen MR) is 84.6 cm³/mol. The normalized spacial score (nSPS) is 20.1. The van der Waals surface area contributed by atoms with Crippen molar-refractivity contribution in [3.8, 4) is 5.75 Å². The molecule has 1 atom stereocenters. The topological polar surface area (TPSA) is 21.3 Å². The molecule has 1 heterocycles. The Hall–Kier alpha value is -1.59. The number of ether oxygens (including phenoxy) is 1. The van der Waals surface area contributed by atoms with E-state index in [0.717, 1.165) is 6.07 Å². The van der Waals surface area contributed by atoms with E-state index in [2.05, 4.69) is 5.32 Å². The molecule has 1 aliphatic rings. The fourth-order valence-electron chi connectivity index (χ4n) is 2.79. The average Bonchev–Trinajstić information content (AvgIpc) is 2.83. The van der Waals surface area contributed by atoms with Crippen LogP contribution in [0.25, 0.3) is 0 Å². The fraction of sp³-hybridized carbons (Fsp3) is 0.250. The van der Waals surface area contributed by atoms with E-state index < -0.39 is 16.6 Å². The molecule has 0 aromatic heterocycles. The molecular weight excluding hydrogens is 350 g/mol. The monoisotopic (exact) mass is 361 g/mol. The first-order valence-electron chi connectivity index (χ1n) is 6.75. The van der Waals surface area contributed by atoms with Crippen molar-refractivity contribution in [2.45, 2.75) is 11.1 Å². The van der Waals surface area contributed by atoms with Crippen molar-refractivity contribution < 1.29 is 17.9 Å². The third-order valence-corrected chi connectivity index (χ3v) is 4.75. The van der Waals surface area contributed by atoms with Crippen molar-refractivity contribution in [2.24, 2.45) is 0 Å². The van der Waals surface area contributed by atoms with Crippen molar-refractivity contribution >= 4 is 28.9 Å². The van der Waals surface area contributed by atoms with Gasteiger partial charge in [-0.05, 0) is 18.2 Å². The maximum Gasteiger partial charge on any atom is 0.417 e. The molecule has 0 saturated heterocycles. The van der Waals surface area contributed by atoms with Crippen LogP contribution in [0.5, 0.6) is 5.75 Å². The highest BCUT2D eigenvalue weighted by Crippen LogP contribution is 2.50. The summed E-state index contributed by atoms with van der Waals surface area (Å²) in [6.45, 7) is 0.238. The first-order valence-corrected chi connectivity index (χ1v) is 7.50. The van der Waals surface area contributed by atoms with Gasteiger partial charge in [-0.2, -0.15) is 13.2 Å². The number of methoxy groups -OCH3 is 1. The van der Waals surface area contributed by atoms with Gasteiger partial charge in [0.25, 0.3) is 0 Å². The molecule has 1 aliphatic heterocycles. The zero-order valence-electron chi connectivity index (χ0n) is 12.0. The van der Waals surface area contributed by atoms with Crippen molar-refractivity contribution in [1.29, 1.82) is 0 Å². The lowest BCUT2D eigenvalue weighted by molar-refractivity contribution is -0.137. The summed E-state index contributed by atoms with van der Waals surface area (Å²) in [4.78, 5) is -1.05. The molecule has 0 saturated carbocycles. The van der Waals surface area contributed by atoms with E-state index in [1.165, 1.54) is 13.2 Å². The SMILES string of the molecule is COc1ccccc1C1(Cl)CNc2cc(C(F)(F)F)c(Cl)cc21.